The van der Waals surface area contributed by atoms with Crippen LogP contribution in [0.15, 0.2) is 36.4 Å². The Morgan fingerprint density at radius 3 is 2.72 bits per heavy atom. The minimum absolute atomic E-state index is 0.251. The third kappa shape index (κ3) is 7.25. The molecule has 25 heavy (non-hydrogen) atoms. The Bertz CT molecular complexity index is 639. The molecule has 0 aliphatic rings. The molecule has 1 aromatic heterocycles. The maximum atomic E-state index is 10.0. The topological polar surface area (TPSA) is 79.3 Å². The lowest BCUT2D eigenvalue weighted by molar-refractivity contribution is 0.103. The number of nitrogens with zero attached hydrogens (tertiary/aromatic N) is 2. The van der Waals surface area contributed by atoms with Crippen molar-refractivity contribution in [1.82, 2.24) is 15.5 Å². The zero-order valence-electron chi connectivity index (χ0n) is 14.6. The van der Waals surface area contributed by atoms with Gasteiger partial charge in [-0.25, -0.2) is 0 Å². The molecular formula is C18H25ClN4O2. The minimum atomic E-state index is -0.558. The van der Waals surface area contributed by atoms with Gasteiger partial charge >= 0.3 is 0 Å². The third-order valence-electron chi connectivity index (χ3n) is 3.74. The van der Waals surface area contributed by atoms with E-state index in [-0.39, 0.29) is 12.6 Å². The van der Waals surface area contributed by atoms with Gasteiger partial charge in [0.2, 0.25) is 0 Å². The number of aromatic nitrogens is 2. The van der Waals surface area contributed by atoms with Crippen molar-refractivity contribution in [1.29, 1.82) is 0 Å². The Balaban J connectivity index is 1.60. The Morgan fingerprint density at radius 1 is 1.20 bits per heavy atom. The fraction of sp³-hybridized carbons (Fsp3) is 0.444. The molecule has 0 saturated carbocycles. The summed E-state index contributed by atoms with van der Waals surface area (Å²) in [7, 11) is 0. The summed E-state index contributed by atoms with van der Waals surface area (Å²) in [6.45, 7) is 5.56. The van der Waals surface area contributed by atoms with E-state index in [9.17, 15) is 5.11 Å². The highest BCUT2D eigenvalue weighted by molar-refractivity contribution is 6.29. The van der Waals surface area contributed by atoms with Gasteiger partial charge in [0.15, 0.2) is 5.15 Å². The molecule has 0 bridgehead atoms. The summed E-state index contributed by atoms with van der Waals surface area (Å²) in [5, 5.41) is 24.6. The van der Waals surface area contributed by atoms with E-state index >= 15 is 0 Å². The molecule has 0 fully saturated rings. The number of hydrogen-bond acceptors (Lipinski definition) is 6. The number of aliphatic hydroxyl groups excluding tert-OH is 1. The number of aryl methyl sites for hydroxylation is 1. The van der Waals surface area contributed by atoms with Gasteiger partial charge in [0.25, 0.3) is 0 Å². The molecule has 0 aliphatic carbocycles. The summed E-state index contributed by atoms with van der Waals surface area (Å²) in [6, 6.07) is 11.5. The van der Waals surface area contributed by atoms with Crippen LogP contribution in [-0.2, 0) is 0 Å². The molecule has 0 aliphatic heterocycles. The average Bonchev–Trinajstić information content (AvgIpc) is 2.61. The molecule has 6 nitrogen and oxygen atoms in total. The molecule has 1 heterocycles. The summed E-state index contributed by atoms with van der Waals surface area (Å²) in [5.74, 6) is 1.51. The fourth-order valence-corrected chi connectivity index (χ4v) is 2.33. The number of aliphatic hydroxyl groups is 1. The first-order chi connectivity index (χ1) is 12.0. The van der Waals surface area contributed by atoms with E-state index in [1.807, 2.05) is 31.2 Å². The molecule has 0 amide bonds. The van der Waals surface area contributed by atoms with Crippen molar-refractivity contribution in [3.63, 3.8) is 0 Å². The molecule has 0 radical (unpaired) electrons. The number of nitrogens with one attached hydrogen (secondary N) is 2. The van der Waals surface area contributed by atoms with Crippen molar-refractivity contribution >= 4 is 17.4 Å². The van der Waals surface area contributed by atoms with Gasteiger partial charge in [-0.2, -0.15) is 0 Å². The van der Waals surface area contributed by atoms with Crippen molar-refractivity contribution < 1.29 is 9.84 Å². The summed E-state index contributed by atoms with van der Waals surface area (Å²) in [4.78, 5) is 0. The second-order valence-corrected chi connectivity index (χ2v) is 6.38. The molecule has 7 heteroatoms. The normalized spacial score (nSPS) is 13.3. The van der Waals surface area contributed by atoms with Crippen LogP contribution in [0.4, 0.5) is 5.82 Å². The van der Waals surface area contributed by atoms with Gasteiger partial charge in [-0.15, -0.1) is 10.2 Å². The minimum Gasteiger partial charge on any atom is -0.491 e. The highest BCUT2D eigenvalue weighted by Crippen LogP contribution is 2.16. The highest BCUT2D eigenvalue weighted by atomic mass is 35.5. The highest BCUT2D eigenvalue weighted by Gasteiger charge is 2.09. The zero-order chi connectivity index (χ0) is 18.1. The van der Waals surface area contributed by atoms with Crippen molar-refractivity contribution in [3.8, 4) is 5.75 Å². The molecular weight excluding hydrogens is 340 g/mol. The van der Waals surface area contributed by atoms with Gasteiger partial charge < -0.3 is 20.5 Å². The Hall–Kier alpha value is -1.89. The van der Waals surface area contributed by atoms with E-state index in [4.69, 9.17) is 16.3 Å². The monoisotopic (exact) mass is 364 g/mol. The van der Waals surface area contributed by atoms with E-state index in [1.54, 1.807) is 12.1 Å². The lowest BCUT2D eigenvalue weighted by Crippen LogP contribution is -2.37. The molecule has 3 N–H and O–H groups in total. The smallest absolute Gasteiger partial charge is 0.151 e. The van der Waals surface area contributed by atoms with Crippen molar-refractivity contribution in [2.24, 2.45) is 0 Å². The first-order valence-electron chi connectivity index (χ1n) is 8.37. The molecule has 2 unspecified atom stereocenters. The number of hydrogen-bond donors (Lipinski definition) is 3. The first kappa shape index (κ1) is 19.4. The third-order valence-corrected chi connectivity index (χ3v) is 3.94. The second kappa shape index (κ2) is 10.2. The lowest BCUT2D eigenvalue weighted by atomic mass is 10.2. The van der Waals surface area contributed by atoms with Crippen LogP contribution < -0.4 is 15.4 Å². The summed E-state index contributed by atoms with van der Waals surface area (Å²) >= 11 is 5.70. The van der Waals surface area contributed by atoms with Gasteiger partial charge in [-0.3, -0.25) is 0 Å². The molecule has 1 aromatic carbocycles. The van der Waals surface area contributed by atoms with Crippen molar-refractivity contribution in [2.75, 3.05) is 25.0 Å². The maximum absolute atomic E-state index is 10.0. The predicted octanol–water partition coefficient (Wildman–Crippen LogP) is 2.66. The number of rotatable bonds is 10. The predicted molar refractivity (Wildman–Crippen MR) is 100 cm³/mol. The number of anilines is 1. The zero-order valence-corrected chi connectivity index (χ0v) is 15.3. The fourth-order valence-electron chi connectivity index (χ4n) is 2.23. The molecule has 2 aromatic rings. The van der Waals surface area contributed by atoms with Gasteiger partial charge in [0.05, 0.1) is 0 Å². The van der Waals surface area contributed by atoms with E-state index in [0.717, 1.165) is 24.3 Å². The van der Waals surface area contributed by atoms with Gasteiger partial charge in [-0.05, 0) is 44.0 Å². The number of halogens is 1. The Kier molecular flexibility index (Phi) is 7.91. The number of para-hydroxylation sites is 1. The van der Waals surface area contributed by atoms with E-state index in [0.29, 0.717) is 17.5 Å². The van der Waals surface area contributed by atoms with Crippen LogP contribution in [0.25, 0.3) is 0 Å². The van der Waals surface area contributed by atoms with E-state index in [2.05, 4.69) is 27.8 Å². The van der Waals surface area contributed by atoms with Gasteiger partial charge in [-0.1, -0.05) is 29.8 Å². The average molecular weight is 365 g/mol. The Morgan fingerprint density at radius 2 is 2.00 bits per heavy atom. The summed E-state index contributed by atoms with van der Waals surface area (Å²) in [5.41, 5.74) is 1.06. The van der Waals surface area contributed by atoms with Gasteiger partial charge in [0.1, 0.15) is 24.3 Å². The molecule has 2 rings (SSSR count). The van der Waals surface area contributed by atoms with Crippen LogP contribution in [0.2, 0.25) is 5.15 Å². The second-order valence-electron chi connectivity index (χ2n) is 6.00. The van der Waals surface area contributed by atoms with Crippen LogP contribution in [0.1, 0.15) is 18.9 Å². The summed E-state index contributed by atoms with van der Waals surface area (Å²) in [6.07, 6.45) is 0.326. The van der Waals surface area contributed by atoms with Crippen molar-refractivity contribution in [3.05, 3.63) is 47.1 Å². The molecule has 2 atom stereocenters. The van der Waals surface area contributed by atoms with E-state index in [1.165, 1.54) is 0 Å². The van der Waals surface area contributed by atoms with Gasteiger partial charge in [0, 0.05) is 19.1 Å². The number of ether oxygens (including phenoxy) is 1. The molecule has 0 saturated heterocycles. The van der Waals surface area contributed by atoms with Crippen LogP contribution in [0, 0.1) is 6.92 Å². The first-order valence-corrected chi connectivity index (χ1v) is 8.75. The number of benzene rings is 1. The van der Waals surface area contributed by atoms with E-state index < -0.39 is 6.10 Å². The summed E-state index contributed by atoms with van der Waals surface area (Å²) < 4.78 is 5.65. The van der Waals surface area contributed by atoms with Crippen LogP contribution in [0.3, 0.4) is 0 Å². The lowest BCUT2D eigenvalue weighted by Gasteiger charge is -2.18. The largest absolute Gasteiger partial charge is 0.491 e. The maximum Gasteiger partial charge on any atom is 0.151 e. The Labute approximate surface area is 153 Å². The van der Waals surface area contributed by atoms with Crippen LogP contribution >= 0.6 is 11.6 Å². The van der Waals surface area contributed by atoms with Crippen LogP contribution in [0.5, 0.6) is 5.75 Å². The molecule has 136 valence electrons. The molecule has 0 spiro atoms. The SMILES string of the molecule is Cc1ccccc1OCC(O)CNC(C)CCNc1ccc(Cl)nn1. The van der Waals surface area contributed by atoms with Crippen LogP contribution in [-0.4, -0.2) is 47.1 Å². The standard InChI is InChI=1S/C18H25ClN4O2/c1-13-5-3-4-6-16(13)25-12-15(24)11-21-14(2)9-10-20-18-8-7-17(19)22-23-18/h3-8,14-15,21,24H,9-12H2,1-2H3,(H,20,23). The van der Waals surface area contributed by atoms with Crippen molar-refractivity contribution in [2.45, 2.75) is 32.4 Å². The quantitative estimate of drug-likeness (QED) is 0.601.